The van der Waals surface area contributed by atoms with Crippen LogP contribution in [0.3, 0.4) is 0 Å². The summed E-state index contributed by atoms with van der Waals surface area (Å²) in [6.07, 6.45) is 1.90. The molecule has 21 heavy (non-hydrogen) atoms. The molecular weight excluding hydrogens is 312 g/mol. The number of nitro groups is 1. The van der Waals surface area contributed by atoms with Crippen molar-refractivity contribution in [2.75, 3.05) is 11.6 Å². The Morgan fingerprint density at radius 2 is 2.00 bits per heavy atom. The molecule has 0 spiro atoms. The summed E-state index contributed by atoms with van der Waals surface area (Å²) in [7, 11) is 0. The van der Waals surface area contributed by atoms with Gasteiger partial charge in [0.1, 0.15) is 5.02 Å². The summed E-state index contributed by atoms with van der Waals surface area (Å²) in [6, 6.07) is 11.3. The Morgan fingerprint density at radius 3 is 2.67 bits per heavy atom. The smallest absolute Gasteiger partial charge is 0.288 e. The molecule has 0 saturated carbocycles. The molecule has 0 unspecified atom stereocenters. The van der Waals surface area contributed by atoms with E-state index in [1.54, 1.807) is 12.1 Å². The molecule has 0 saturated heterocycles. The summed E-state index contributed by atoms with van der Waals surface area (Å²) in [5, 5.41) is 13.6. The van der Waals surface area contributed by atoms with Gasteiger partial charge in [-0.1, -0.05) is 23.7 Å². The molecule has 108 valence electrons. The lowest BCUT2D eigenvalue weighted by molar-refractivity contribution is -0.384. The third-order valence-electron chi connectivity index (χ3n) is 2.76. The van der Waals surface area contributed by atoms with Gasteiger partial charge >= 0.3 is 0 Å². The van der Waals surface area contributed by atoms with Crippen molar-refractivity contribution in [1.29, 1.82) is 0 Å². The summed E-state index contributed by atoms with van der Waals surface area (Å²) < 4.78 is 0. The first-order valence-corrected chi connectivity index (χ1v) is 7.51. The quantitative estimate of drug-likeness (QED) is 0.519. The van der Waals surface area contributed by atoms with Gasteiger partial charge < -0.3 is 5.32 Å². The Hall–Kier alpha value is -2.05. The Labute approximate surface area is 130 Å². The van der Waals surface area contributed by atoms with Crippen LogP contribution >= 0.6 is 23.4 Å². The molecule has 0 radical (unpaired) electrons. The van der Waals surface area contributed by atoms with Crippen LogP contribution in [0.15, 0.2) is 47.4 Å². The largest absolute Gasteiger partial charge is 0.321 e. The third kappa shape index (κ3) is 3.53. The number of nitrogens with one attached hydrogen (secondary N) is 1. The zero-order valence-electron chi connectivity index (χ0n) is 11.0. The molecule has 5 nitrogen and oxygen atoms in total. The lowest BCUT2D eigenvalue weighted by atomic mass is 10.2. The number of hydrogen-bond acceptors (Lipinski definition) is 4. The van der Waals surface area contributed by atoms with E-state index < -0.39 is 10.8 Å². The first-order chi connectivity index (χ1) is 10.0. The number of carbonyl (C=O) groups excluding carboxylic acids is 1. The Kier molecular flexibility index (Phi) is 4.82. The highest BCUT2D eigenvalue weighted by molar-refractivity contribution is 7.98. The van der Waals surface area contributed by atoms with Crippen LogP contribution in [0.1, 0.15) is 10.4 Å². The molecule has 0 atom stereocenters. The number of nitrogens with zero attached hydrogens (tertiary/aromatic N) is 1. The molecule has 0 aliphatic carbocycles. The number of benzene rings is 2. The fourth-order valence-corrected chi connectivity index (χ4v) is 2.48. The second kappa shape index (κ2) is 6.60. The minimum absolute atomic E-state index is 0.000985. The van der Waals surface area contributed by atoms with Crippen LogP contribution < -0.4 is 5.32 Å². The van der Waals surface area contributed by atoms with E-state index in [0.717, 1.165) is 4.90 Å². The van der Waals surface area contributed by atoms with Crippen molar-refractivity contribution in [2.45, 2.75) is 4.90 Å². The van der Waals surface area contributed by atoms with Crippen LogP contribution in [-0.2, 0) is 0 Å². The van der Waals surface area contributed by atoms with E-state index in [4.69, 9.17) is 11.6 Å². The molecule has 0 aliphatic heterocycles. The number of anilines is 1. The van der Waals surface area contributed by atoms with Crippen molar-refractivity contribution in [3.8, 4) is 0 Å². The van der Waals surface area contributed by atoms with E-state index in [-0.39, 0.29) is 16.3 Å². The molecule has 1 amide bonds. The molecule has 1 N–H and O–H groups in total. The van der Waals surface area contributed by atoms with Gasteiger partial charge in [0.2, 0.25) is 0 Å². The second-order valence-electron chi connectivity index (χ2n) is 4.08. The zero-order valence-corrected chi connectivity index (χ0v) is 12.6. The number of thioether (sulfide) groups is 1. The Balaban J connectivity index is 2.29. The predicted molar refractivity (Wildman–Crippen MR) is 84.3 cm³/mol. The highest BCUT2D eigenvalue weighted by Crippen LogP contribution is 2.27. The second-order valence-corrected chi connectivity index (χ2v) is 5.33. The molecule has 0 bridgehead atoms. The van der Waals surface area contributed by atoms with Crippen molar-refractivity contribution in [2.24, 2.45) is 0 Å². The fourth-order valence-electron chi connectivity index (χ4n) is 1.74. The summed E-state index contributed by atoms with van der Waals surface area (Å²) in [5.41, 5.74) is 0.553. The van der Waals surface area contributed by atoms with Crippen molar-refractivity contribution >= 4 is 40.6 Å². The van der Waals surface area contributed by atoms with Crippen LogP contribution in [0.25, 0.3) is 0 Å². The van der Waals surface area contributed by atoms with E-state index in [2.05, 4.69) is 5.32 Å². The van der Waals surface area contributed by atoms with Crippen LogP contribution in [-0.4, -0.2) is 17.1 Å². The van der Waals surface area contributed by atoms with Gasteiger partial charge in [-0.05, 0) is 30.5 Å². The predicted octanol–water partition coefficient (Wildman–Crippen LogP) is 4.22. The van der Waals surface area contributed by atoms with Crippen molar-refractivity contribution < 1.29 is 9.72 Å². The molecule has 2 rings (SSSR count). The minimum Gasteiger partial charge on any atom is -0.321 e. The highest BCUT2D eigenvalue weighted by Gasteiger charge is 2.16. The summed E-state index contributed by atoms with van der Waals surface area (Å²) in [6.45, 7) is 0. The molecule has 7 heteroatoms. The Morgan fingerprint density at radius 1 is 1.29 bits per heavy atom. The lowest BCUT2D eigenvalue weighted by Crippen LogP contribution is -2.12. The van der Waals surface area contributed by atoms with Gasteiger partial charge in [0.15, 0.2) is 0 Å². The van der Waals surface area contributed by atoms with Crippen LogP contribution in [0.5, 0.6) is 0 Å². The normalized spacial score (nSPS) is 10.2. The lowest BCUT2D eigenvalue weighted by Gasteiger charge is -2.09. The first-order valence-electron chi connectivity index (χ1n) is 5.91. The van der Waals surface area contributed by atoms with E-state index in [1.165, 1.54) is 30.0 Å². The fraction of sp³-hybridized carbons (Fsp3) is 0.0714. The molecule has 0 heterocycles. The molecule has 0 aliphatic rings. The van der Waals surface area contributed by atoms with Gasteiger partial charge in [0.05, 0.1) is 10.6 Å². The summed E-state index contributed by atoms with van der Waals surface area (Å²) in [4.78, 5) is 23.3. The number of halogens is 1. The number of carbonyl (C=O) groups is 1. The van der Waals surface area contributed by atoms with Crippen LogP contribution in [0.4, 0.5) is 11.4 Å². The molecule has 2 aromatic carbocycles. The maximum atomic E-state index is 12.2. The number of para-hydroxylation sites is 1. The maximum absolute atomic E-state index is 12.2. The van der Waals surface area contributed by atoms with Crippen LogP contribution in [0, 0.1) is 10.1 Å². The molecule has 0 aromatic heterocycles. The minimum atomic E-state index is -0.616. The van der Waals surface area contributed by atoms with E-state index in [0.29, 0.717) is 5.69 Å². The van der Waals surface area contributed by atoms with Crippen molar-refractivity contribution in [3.05, 3.63) is 63.2 Å². The highest BCUT2D eigenvalue weighted by atomic mass is 35.5. The SMILES string of the molecule is CSc1ccccc1NC(=O)c1ccc(Cl)c([N+](=O)[O-])c1. The van der Waals surface area contributed by atoms with E-state index in [9.17, 15) is 14.9 Å². The topological polar surface area (TPSA) is 72.2 Å². The standard InChI is InChI=1S/C14H11ClN2O3S/c1-21-13-5-3-2-4-11(13)16-14(18)9-6-7-10(15)12(8-9)17(19)20/h2-8H,1H3,(H,16,18). The monoisotopic (exact) mass is 322 g/mol. The van der Waals surface area contributed by atoms with Gasteiger partial charge in [-0.25, -0.2) is 0 Å². The molecular formula is C14H11ClN2O3S. The summed E-state index contributed by atoms with van der Waals surface area (Å²) in [5.74, 6) is -0.420. The summed E-state index contributed by atoms with van der Waals surface area (Å²) >= 11 is 7.23. The molecule has 2 aromatic rings. The number of nitro benzene ring substituents is 1. The van der Waals surface area contributed by atoms with Gasteiger partial charge in [0, 0.05) is 16.5 Å². The van der Waals surface area contributed by atoms with Gasteiger partial charge in [-0.3, -0.25) is 14.9 Å². The maximum Gasteiger partial charge on any atom is 0.288 e. The average molecular weight is 323 g/mol. The van der Waals surface area contributed by atoms with E-state index >= 15 is 0 Å². The first kappa shape index (κ1) is 15.3. The third-order valence-corrected chi connectivity index (χ3v) is 3.88. The van der Waals surface area contributed by atoms with Gasteiger partial charge in [-0.15, -0.1) is 11.8 Å². The number of rotatable bonds is 4. The molecule has 0 fully saturated rings. The van der Waals surface area contributed by atoms with Gasteiger partial charge in [-0.2, -0.15) is 0 Å². The average Bonchev–Trinajstić information content (AvgIpc) is 2.47. The van der Waals surface area contributed by atoms with Gasteiger partial charge in [0.25, 0.3) is 11.6 Å². The van der Waals surface area contributed by atoms with Crippen molar-refractivity contribution in [1.82, 2.24) is 0 Å². The van der Waals surface area contributed by atoms with Crippen LogP contribution in [0.2, 0.25) is 5.02 Å². The number of hydrogen-bond donors (Lipinski definition) is 1. The Bertz CT molecular complexity index is 706. The van der Waals surface area contributed by atoms with E-state index in [1.807, 2.05) is 18.4 Å². The van der Waals surface area contributed by atoms with Crippen molar-refractivity contribution in [3.63, 3.8) is 0 Å². The zero-order chi connectivity index (χ0) is 15.4. The number of amides is 1.